The number of hydrogen-bond acceptors (Lipinski definition) is 6. The summed E-state index contributed by atoms with van der Waals surface area (Å²) in [6.07, 6.45) is 0. The Bertz CT molecular complexity index is 1400. The van der Waals surface area contributed by atoms with Crippen LogP contribution in [0.15, 0.2) is 89.5 Å². The maximum atomic E-state index is 13.7. The van der Waals surface area contributed by atoms with Crippen molar-refractivity contribution >= 4 is 27.5 Å². The Morgan fingerprint density at radius 1 is 0.886 bits per heavy atom. The number of halogens is 1. The van der Waals surface area contributed by atoms with Crippen LogP contribution >= 0.6 is 0 Å². The molecule has 0 aliphatic carbocycles. The molecule has 7 nitrogen and oxygen atoms in total. The number of allylic oxidation sites excluding steroid dienone is 1. The summed E-state index contributed by atoms with van der Waals surface area (Å²) in [5, 5.41) is 0. The molecule has 1 aliphatic heterocycles. The molecule has 0 fully saturated rings. The van der Waals surface area contributed by atoms with Crippen LogP contribution < -0.4 is 0 Å². The molecule has 1 aliphatic rings. The van der Waals surface area contributed by atoms with Gasteiger partial charge in [-0.1, -0.05) is 42.5 Å². The summed E-state index contributed by atoms with van der Waals surface area (Å²) in [7, 11) is -0.572. The van der Waals surface area contributed by atoms with Gasteiger partial charge in [0.25, 0.3) is 10.0 Å². The first-order valence-electron chi connectivity index (χ1n) is 10.8. The van der Waals surface area contributed by atoms with Gasteiger partial charge in [0.15, 0.2) is 5.76 Å². The lowest BCUT2D eigenvalue weighted by Gasteiger charge is -2.33. The van der Waals surface area contributed by atoms with Crippen molar-refractivity contribution in [2.24, 2.45) is 0 Å². The first-order chi connectivity index (χ1) is 16.7. The van der Waals surface area contributed by atoms with Crippen molar-refractivity contribution in [1.82, 2.24) is 9.21 Å². The van der Waals surface area contributed by atoms with Gasteiger partial charge in [-0.05, 0) is 50.5 Å². The molecule has 4 rings (SSSR count). The summed E-state index contributed by atoms with van der Waals surface area (Å²) in [6, 6.07) is 19.0. The van der Waals surface area contributed by atoms with Gasteiger partial charge in [-0.2, -0.15) is 0 Å². The Morgan fingerprint density at radius 2 is 1.51 bits per heavy atom. The smallest absolute Gasteiger partial charge is 0.343 e. The SMILES string of the molecule is CN(C)CCN1C(C(=O)c2ccccc2)=C(OC(=O)c2ccc(F)cc2)c2ccccc2S1(=O)=O. The van der Waals surface area contributed by atoms with Crippen molar-refractivity contribution in [2.45, 2.75) is 4.90 Å². The molecule has 3 aromatic carbocycles. The van der Waals surface area contributed by atoms with E-state index >= 15 is 0 Å². The highest BCUT2D eigenvalue weighted by molar-refractivity contribution is 7.89. The van der Waals surface area contributed by atoms with E-state index in [-0.39, 0.29) is 39.6 Å². The number of ether oxygens (including phenoxy) is 1. The highest BCUT2D eigenvalue weighted by Gasteiger charge is 2.41. The number of likely N-dealkylation sites (N-methyl/N-ethyl adjacent to an activating group) is 1. The molecule has 180 valence electrons. The molecule has 0 amide bonds. The van der Waals surface area contributed by atoms with Crippen molar-refractivity contribution in [2.75, 3.05) is 27.2 Å². The van der Waals surface area contributed by atoms with Gasteiger partial charge >= 0.3 is 5.97 Å². The van der Waals surface area contributed by atoms with Gasteiger partial charge in [0.2, 0.25) is 5.78 Å². The summed E-state index contributed by atoms with van der Waals surface area (Å²) in [5.41, 5.74) is 0.133. The third-order valence-corrected chi connectivity index (χ3v) is 7.30. The minimum atomic E-state index is -4.13. The highest BCUT2D eigenvalue weighted by atomic mass is 32.2. The number of esters is 1. The molecule has 35 heavy (non-hydrogen) atoms. The van der Waals surface area contributed by atoms with Crippen molar-refractivity contribution in [3.8, 4) is 0 Å². The molecule has 0 atom stereocenters. The maximum Gasteiger partial charge on any atom is 0.343 e. The average molecular weight is 495 g/mol. The number of fused-ring (bicyclic) bond motifs is 1. The lowest BCUT2D eigenvalue weighted by Crippen LogP contribution is -2.42. The molecule has 0 bridgehead atoms. The van der Waals surface area contributed by atoms with Crippen LogP contribution in [0, 0.1) is 5.82 Å². The van der Waals surface area contributed by atoms with E-state index in [0.29, 0.717) is 6.54 Å². The van der Waals surface area contributed by atoms with Gasteiger partial charge in [-0.15, -0.1) is 0 Å². The number of carbonyl (C=O) groups excluding carboxylic acids is 2. The molecule has 3 aromatic rings. The van der Waals surface area contributed by atoms with E-state index in [4.69, 9.17) is 4.74 Å². The zero-order valence-corrected chi connectivity index (χ0v) is 20.0. The first kappa shape index (κ1) is 24.3. The number of benzene rings is 3. The Balaban J connectivity index is 1.94. The molecule has 9 heteroatoms. The summed E-state index contributed by atoms with van der Waals surface area (Å²) >= 11 is 0. The van der Waals surface area contributed by atoms with Crippen LogP contribution in [-0.2, 0) is 14.8 Å². The summed E-state index contributed by atoms with van der Waals surface area (Å²) < 4.78 is 47.4. The van der Waals surface area contributed by atoms with E-state index in [2.05, 4.69) is 0 Å². The topological polar surface area (TPSA) is 84.0 Å². The van der Waals surface area contributed by atoms with Crippen molar-refractivity contribution in [1.29, 1.82) is 0 Å². The van der Waals surface area contributed by atoms with Gasteiger partial charge < -0.3 is 9.64 Å². The zero-order chi connectivity index (χ0) is 25.2. The Labute approximate surface area is 203 Å². The first-order valence-corrected chi connectivity index (χ1v) is 12.2. The van der Waals surface area contributed by atoms with E-state index in [0.717, 1.165) is 16.4 Å². The van der Waals surface area contributed by atoms with Crippen molar-refractivity contribution < 1.29 is 27.1 Å². The average Bonchev–Trinajstić information content (AvgIpc) is 2.85. The Hall–Kier alpha value is -3.82. The molecule has 0 spiro atoms. The highest BCUT2D eigenvalue weighted by Crippen LogP contribution is 2.39. The molecular weight excluding hydrogens is 471 g/mol. The minimum Gasteiger partial charge on any atom is -0.420 e. The molecule has 0 radical (unpaired) electrons. The van der Waals surface area contributed by atoms with Gasteiger partial charge in [-0.25, -0.2) is 17.6 Å². The number of ketones is 1. The number of hydrogen-bond donors (Lipinski definition) is 0. The Kier molecular flexibility index (Phi) is 6.81. The fraction of sp³-hybridized carbons (Fsp3) is 0.154. The van der Waals surface area contributed by atoms with Gasteiger partial charge in [0, 0.05) is 24.2 Å². The normalized spacial score (nSPS) is 14.6. The van der Waals surface area contributed by atoms with E-state index in [1.165, 1.54) is 24.3 Å². The van der Waals surface area contributed by atoms with Crippen molar-refractivity contribution in [3.05, 3.63) is 107 Å². The lowest BCUT2D eigenvalue weighted by molar-refractivity contribution is 0.0685. The van der Waals surface area contributed by atoms with Crippen LogP contribution in [0.3, 0.4) is 0 Å². The molecular formula is C26H23FN2O5S. The minimum absolute atomic E-state index is 0.0465. The summed E-state index contributed by atoms with van der Waals surface area (Å²) in [5.74, 6) is -2.15. The van der Waals surface area contributed by atoms with Gasteiger partial charge in [0.05, 0.1) is 10.5 Å². The predicted octanol–water partition coefficient (Wildman–Crippen LogP) is 3.80. The predicted molar refractivity (Wildman–Crippen MR) is 128 cm³/mol. The zero-order valence-electron chi connectivity index (χ0n) is 19.1. The van der Waals surface area contributed by atoms with E-state index < -0.39 is 27.6 Å². The number of nitrogens with zero attached hydrogens (tertiary/aromatic N) is 2. The van der Waals surface area contributed by atoms with E-state index in [1.54, 1.807) is 61.5 Å². The standard InChI is InChI=1S/C26H23FN2O5S/c1-28(2)16-17-29-23(24(30)18-8-4-3-5-9-18)25(21-10-6-7-11-22(21)35(29,32)33)34-26(31)19-12-14-20(27)15-13-19/h3-15H,16-17H2,1-2H3. The fourth-order valence-electron chi connectivity index (χ4n) is 3.67. The van der Waals surface area contributed by atoms with Crippen LogP contribution in [0.1, 0.15) is 26.3 Å². The summed E-state index contributed by atoms with van der Waals surface area (Å²) in [6.45, 7) is 0.265. The van der Waals surface area contributed by atoms with Crippen LogP contribution in [0.5, 0.6) is 0 Å². The van der Waals surface area contributed by atoms with Crippen LogP contribution in [0.2, 0.25) is 0 Å². The molecule has 0 saturated heterocycles. The second-order valence-corrected chi connectivity index (χ2v) is 9.98. The maximum absolute atomic E-state index is 13.7. The van der Waals surface area contributed by atoms with Gasteiger partial charge in [-0.3, -0.25) is 9.10 Å². The third-order valence-electron chi connectivity index (χ3n) is 5.44. The van der Waals surface area contributed by atoms with Gasteiger partial charge in [0.1, 0.15) is 11.5 Å². The third kappa shape index (κ3) is 4.87. The summed E-state index contributed by atoms with van der Waals surface area (Å²) in [4.78, 5) is 28.4. The largest absolute Gasteiger partial charge is 0.420 e. The van der Waals surface area contributed by atoms with Crippen LogP contribution in [0.4, 0.5) is 4.39 Å². The molecule has 0 unspecified atom stereocenters. The monoisotopic (exact) mass is 494 g/mol. The molecule has 0 N–H and O–H groups in total. The fourth-order valence-corrected chi connectivity index (χ4v) is 5.32. The van der Waals surface area contributed by atoms with E-state index in [9.17, 15) is 22.4 Å². The van der Waals surface area contributed by atoms with Crippen LogP contribution in [0.25, 0.3) is 5.76 Å². The Morgan fingerprint density at radius 3 is 2.17 bits per heavy atom. The molecule has 1 heterocycles. The number of sulfonamides is 1. The molecule has 0 saturated carbocycles. The number of Topliss-reactive ketones (excluding diaryl/α,β-unsaturated/α-hetero) is 1. The quantitative estimate of drug-likeness (QED) is 0.367. The van der Waals surface area contributed by atoms with Crippen molar-refractivity contribution in [3.63, 3.8) is 0 Å². The second-order valence-electron chi connectivity index (χ2n) is 8.15. The lowest BCUT2D eigenvalue weighted by atomic mass is 10.0. The second kappa shape index (κ2) is 9.81. The molecule has 0 aromatic heterocycles. The number of carbonyl (C=O) groups is 2. The van der Waals surface area contributed by atoms with E-state index in [1.807, 2.05) is 0 Å². The number of rotatable bonds is 7. The van der Waals surface area contributed by atoms with Crippen LogP contribution in [-0.4, -0.2) is 56.6 Å².